The zero-order chi connectivity index (χ0) is 18.0. The molecule has 1 heterocycles. The van der Waals surface area contributed by atoms with Crippen LogP contribution in [-0.2, 0) is 0 Å². The van der Waals surface area contributed by atoms with Crippen LogP contribution in [0.2, 0.25) is 0 Å². The summed E-state index contributed by atoms with van der Waals surface area (Å²) in [7, 11) is 0. The molecule has 132 valence electrons. The quantitative estimate of drug-likeness (QED) is 0.727. The Bertz CT molecular complexity index is 785. The van der Waals surface area contributed by atoms with Gasteiger partial charge < -0.3 is 9.64 Å². The molecule has 0 radical (unpaired) electrons. The van der Waals surface area contributed by atoms with Crippen LogP contribution in [0.1, 0.15) is 34.3 Å². The fraction of sp³-hybridized carbons (Fsp3) is 0.350. The molecule has 5 heteroatoms. The van der Waals surface area contributed by atoms with Gasteiger partial charge in [0.05, 0.1) is 5.56 Å². The second-order valence-corrected chi connectivity index (χ2v) is 7.36. The molecule has 3 nitrogen and oxygen atoms in total. The van der Waals surface area contributed by atoms with Gasteiger partial charge in [0.1, 0.15) is 17.7 Å². The van der Waals surface area contributed by atoms with Gasteiger partial charge in [0.15, 0.2) is 0 Å². The van der Waals surface area contributed by atoms with Gasteiger partial charge in [-0.15, -0.1) is 0 Å². The summed E-state index contributed by atoms with van der Waals surface area (Å²) in [6.45, 7) is 5.37. The number of halogens is 2. The van der Waals surface area contributed by atoms with Crippen molar-refractivity contribution in [2.75, 3.05) is 13.1 Å². The van der Waals surface area contributed by atoms with Crippen molar-refractivity contribution in [3.8, 4) is 5.75 Å². The van der Waals surface area contributed by atoms with E-state index in [1.807, 2.05) is 13.8 Å². The summed E-state index contributed by atoms with van der Waals surface area (Å²) in [4.78, 5) is 14.4. The molecule has 0 bridgehead atoms. The van der Waals surface area contributed by atoms with Gasteiger partial charge >= 0.3 is 0 Å². The van der Waals surface area contributed by atoms with Gasteiger partial charge in [-0.1, -0.05) is 12.1 Å². The number of carbonyl (C=O) groups excluding carboxylic acids is 1. The maximum absolute atomic E-state index is 13.2. The Kier molecular flexibility index (Phi) is 5.42. The predicted molar refractivity (Wildman–Crippen MR) is 99.6 cm³/mol. The average molecular weight is 406 g/mol. The predicted octanol–water partition coefficient (Wildman–Crippen LogP) is 4.89. The fourth-order valence-corrected chi connectivity index (χ4v) is 3.54. The van der Waals surface area contributed by atoms with E-state index in [1.165, 1.54) is 23.8 Å². The molecule has 0 spiro atoms. The molecule has 0 atom stereocenters. The van der Waals surface area contributed by atoms with Gasteiger partial charge in [0.2, 0.25) is 0 Å². The topological polar surface area (TPSA) is 29.5 Å². The summed E-state index contributed by atoms with van der Waals surface area (Å²) in [6, 6.07) is 10.4. The van der Waals surface area contributed by atoms with Crippen LogP contribution in [0, 0.1) is 19.7 Å². The van der Waals surface area contributed by atoms with Crippen LogP contribution >= 0.6 is 15.9 Å². The molecule has 0 unspecified atom stereocenters. The third-order valence-electron chi connectivity index (χ3n) is 4.53. The van der Waals surface area contributed by atoms with Gasteiger partial charge in [-0.05, 0) is 65.2 Å². The average Bonchev–Trinajstić information content (AvgIpc) is 2.58. The monoisotopic (exact) mass is 405 g/mol. The van der Waals surface area contributed by atoms with Crippen molar-refractivity contribution >= 4 is 21.8 Å². The zero-order valence-corrected chi connectivity index (χ0v) is 16.0. The zero-order valence-electron chi connectivity index (χ0n) is 14.4. The van der Waals surface area contributed by atoms with Crippen LogP contribution in [-0.4, -0.2) is 30.0 Å². The van der Waals surface area contributed by atoms with Crippen LogP contribution in [0.25, 0.3) is 0 Å². The van der Waals surface area contributed by atoms with Crippen molar-refractivity contribution in [2.45, 2.75) is 32.8 Å². The number of rotatable bonds is 3. The number of aryl methyl sites for hydroxylation is 2. The van der Waals surface area contributed by atoms with Crippen molar-refractivity contribution < 1.29 is 13.9 Å². The minimum Gasteiger partial charge on any atom is -0.490 e. The normalized spacial score (nSPS) is 15.3. The highest BCUT2D eigenvalue weighted by Crippen LogP contribution is 2.26. The summed E-state index contributed by atoms with van der Waals surface area (Å²) in [5.74, 6) is 0.493. The molecule has 0 aliphatic carbocycles. The lowest BCUT2D eigenvalue weighted by Gasteiger charge is -2.32. The van der Waals surface area contributed by atoms with E-state index in [0.717, 1.165) is 24.2 Å². The van der Waals surface area contributed by atoms with Gasteiger partial charge in [-0.2, -0.15) is 0 Å². The lowest BCUT2D eigenvalue weighted by atomic mass is 10.1. The lowest BCUT2D eigenvalue weighted by Crippen LogP contribution is -2.42. The van der Waals surface area contributed by atoms with Crippen molar-refractivity contribution in [2.24, 2.45) is 0 Å². The molecule has 0 N–H and O–H groups in total. The molecular formula is C20H21BrFNO2. The van der Waals surface area contributed by atoms with E-state index in [1.54, 1.807) is 4.90 Å². The maximum Gasteiger partial charge on any atom is 0.255 e. The van der Waals surface area contributed by atoms with E-state index in [4.69, 9.17) is 4.74 Å². The lowest BCUT2D eigenvalue weighted by molar-refractivity contribution is 0.0593. The van der Waals surface area contributed by atoms with E-state index in [-0.39, 0.29) is 17.8 Å². The van der Waals surface area contributed by atoms with Gasteiger partial charge in [0, 0.05) is 30.4 Å². The first kappa shape index (κ1) is 17.9. The number of nitrogens with zero attached hydrogens (tertiary/aromatic N) is 1. The Morgan fingerprint density at radius 3 is 2.56 bits per heavy atom. The van der Waals surface area contributed by atoms with Crippen LogP contribution in [0.5, 0.6) is 5.75 Å². The molecule has 1 aliphatic rings. The van der Waals surface area contributed by atoms with Crippen LogP contribution in [0.3, 0.4) is 0 Å². The minimum absolute atomic E-state index is 0.0722. The first-order chi connectivity index (χ1) is 11.9. The van der Waals surface area contributed by atoms with Crippen molar-refractivity contribution in [3.05, 3.63) is 63.4 Å². The maximum atomic E-state index is 13.2. The number of carbonyl (C=O) groups is 1. The van der Waals surface area contributed by atoms with Crippen LogP contribution in [0.4, 0.5) is 4.39 Å². The molecular weight excluding hydrogens is 385 g/mol. The van der Waals surface area contributed by atoms with Crippen molar-refractivity contribution in [3.63, 3.8) is 0 Å². The largest absolute Gasteiger partial charge is 0.490 e. The van der Waals surface area contributed by atoms with Crippen molar-refractivity contribution in [1.29, 1.82) is 0 Å². The fourth-order valence-electron chi connectivity index (χ4n) is 3.02. The third-order valence-corrected chi connectivity index (χ3v) is 5.18. The molecule has 3 rings (SSSR count). The first-order valence-electron chi connectivity index (χ1n) is 8.42. The second-order valence-electron chi connectivity index (χ2n) is 6.50. The Labute approximate surface area is 155 Å². The van der Waals surface area contributed by atoms with E-state index < -0.39 is 0 Å². The Morgan fingerprint density at radius 2 is 1.88 bits per heavy atom. The molecule has 1 aliphatic heterocycles. The Hall–Kier alpha value is -1.88. The number of piperidine rings is 1. The van der Waals surface area contributed by atoms with Gasteiger partial charge in [0.25, 0.3) is 5.91 Å². The first-order valence-corrected chi connectivity index (χ1v) is 9.21. The summed E-state index contributed by atoms with van der Waals surface area (Å²) < 4.78 is 19.8. The summed E-state index contributed by atoms with van der Waals surface area (Å²) in [5.41, 5.74) is 2.80. The smallest absolute Gasteiger partial charge is 0.255 e. The van der Waals surface area contributed by atoms with Gasteiger partial charge in [-0.3, -0.25) is 4.79 Å². The number of amides is 1. The molecule has 1 amide bonds. The molecule has 0 aromatic heterocycles. The number of hydrogen-bond acceptors (Lipinski definition) is 2. The highest BCUT2D eigenvalue weighted by Gasteiger charge is 2.26. The molecule has 1 saturated heterocycles. The third kappa shape index (κ3) is 4.21. The Morgan fingerprint density at radius 1 is 1.16 bits per heavy atom. The number of likely N-dealkylation sites (tertiary alicyclic amines) is 1. The molecule has 2 aromatic rings. The molecule has 1 fully saturated rings. The van der Waals surface area contributed by atoms with Gasteiger partial charge in [-0.25, -0.2) is 4.39 Å². The summed E-state index contributed by atoms with van der Waals surface area (Å²) in [5, 5.41) is 0. The number of ether oxygens (including phenoxy) is 1. The summed E-state index contributed by atoms with van der Waals surface area (Å²) in [6.07, 6.45) is 1.69. The van der Waals surface area contributed by atoms with E-state index >= 15 is 0 Å². The van der Waals surface area contributed by atoms with Crippen molar-refractivity contribution in [1.82, 2.24) is 4.90 Å². The number of benzene rings is 2. The van der Waals surface area contributed by atoms with Crippen LogP contribution < -0.4 is 4.74 Å². The minimum atomic E-state index is -0.357. The summed E-state index contributed by atoms with van der Waals surface area (Å²) >= 11 is 3.27. The highest BCUT2D eigenvalue weighted by atomic mass is 79.9. The molecule has 25 heavy (non-hydrogen) atoms. The second kappa shape index (κ2) is 7.56. The standard InChI is InChI=1S/C20H21BrFNO2/c1-13-3-4-14(2)19(11-13)25-16-7-9-23(10-8-16)20(24)17-6-5-15(22)12-18(17)21/h3-6,11-12,16H,7-10H2,1-2H3. The van der Waals surface area contributed by atoms with E-state index in [2.05, 4.69) is 34.1 Å². The van der Waals surface area contributed by atoms with E-state index in [0.29, 0.717) is 23.1 Å². The SMILES string of the molecule is Cc1ccc(C)c(OC2CCN(C(=O)c3ccc(F)cc3Br)CC2)c1. The molecule has 0 saturated carbocycles. The Balaban J connectivity index is 1.61. The number of hydrogen-bond donors (Lipinski definition) is 0. The van der Waals surface area contributed by atoms with Crippen LogP contribution in [0.15, 0.2) is 40.9 Å². The molecule has 2 aromatic carbocycles. The van der Waals surface area contributed by atoms with E-state index in [9.17, 15) is 9.18 Å². The highest BCUT2D eigenvalue weighted by molar-refractivity contribution is 9.10.